The zero-order chi connectivity index (χ0) is 28.0. The van der Waals surface area contributed by atoms with Gasteiger partial charge in [0, 0.05) is 38.2 Å². The number of alkyl halides is 6. The Balaban J connectivity index is 1.72. The number of amides is 2. The maximum absolute atomic E-state index is 13.8. The Labute approximate surface area is 213 Å². The van der Waals surface area contributed by atoms with Crippen LogP contribution in [-0.4, -0.2) is 69.8 Å². The zero-order valence-corrected chi connectivity index (χ0v) is 20.6. The highest BCUT2D eigenvalue weighted by Crippen LogP contribution is 2.46. The molecule has 1 saturated heterocycles. The number of halogens is 6. The number of hydrogen-bond donors (Lipinski definition) is 1. The fourth-order valence-corrected chi connectivity index (χ4v) is 4.19. The van der Waals surface area contributed by atoms with Gasteiger partial charge in [0.15, 0.2) is 0 Å². The van der Waals surface area contributed by atoms with E-state index < -0.39 is 70.6 Å². The summed E-state index contributed by atoms with van der Waals surface area (Å²) in [6, 6.07) is 1.41. The predicted molar refractivity (Wildman–Crippen MR) is 122 cm³/mol. The number of hydrogen-bond acceptors (Lipinski definition) is 7. The summed E-state index contributed by atoms with van der Waals surface area (Å²) in [5, 5.41) is 2.23. The van der Waals surface area contributed by atoms with Crippen LogP contribution in [0.4, 0.5) is 42.8 Å². The molecule has 9 nitrogen and oxygen atoms in total. The number of pyridine rings is 1. The molecule has 2 aliphatic heterocycles. The lowest BCUT2D eigenvalue weighted by atomic mass is 9.89. The van der Waals surface area contributed by atoms with E-state index in [-0.39, 0.29) is 32.0 Å². The van der Waals surface area contributed by atoms with E-state index in [9.17, 15) is 35.9 Å². The highest BCUT2D eigenvalue weighted by atomic mass is 19.4. The standard InChI is InChI=1S/C23H24F6N6O3/c1-21(2,3)38-20(37)35-6-4-34(5-7-35)15-9-12(22(24,25)26)8-14(32-15)18-17-13(23(27,28)29)10-16(36)33-19(17)31-11-30-18/h8-9,11,13H,4-7,10H2,1-3H3,(H,30,31,33,36)/t13-/m1/s1. The average Bonchev–Trinajstić information content (AvgIpc) is 2.80. The van der Waals surface area contributed by atoms with E-state index >= 15 is 0 Å². The van der Waals surface area contributed by atoms with Crippen LogP contribution in [0.25, 0.3) is 11.4 Å². The normalized spacial score (nSPS) is 18.7. The van der Waals surface area contributed by atoms with Crippen LogP contribution >= 0.6 is 0 Å². The number of fused-ring (bicyclic) bond motifs is 1. The number of carbonyl (C=O) groups excluding carboxylic acids is 2. The fourth-order valence-electron chi connectivity index (χ4n) is 4.19. The number of nitrogens with zero attached hydrogens (tertiary/aromatic N) is 5. The van der Waals surface area contributed by atoms with Crippen molar-refractivity contribution in [1.29, 1.82) is 0 Å². The highest BCUT2D eigenvalue weighted by Gasteiger charge is 2.47. The van der Waals surface area contributed by atoms with Gasteiger partial charge < -0.3 is 19.9 Å². The van der Waals surface area contributed by atoms with Crippen molar-refractivity contribution in [2.75, 3.05) is 36.4 Å². The van der Waals surface area contributed by atoms with Gasteiger partial charge in [-0.3, -0.25) is 4.79 Å². The number of carbonyl (C=O) groups is 2. The summed E-state index contributed by atoms with van der Waals surface area (Å²) in [6.45, 7) is 5.59. The second kappa shape index (κ2) is 9.58. The molecule has 2 aromatic rings. The first-order chi connectivity index (χ1) is 17.5. The molecule has 0 aliphatic carbocycles. The molecular formula is C23H24F6N6O3. The Morgan fingerprint density at radius 2 is 1.68 bits per heavy atom. The molecule has 206 valence electrons. The molecule has 0 saturated carbocycles. The molecule has 4 rings (SSSR count). The summed E-state index contributed by atoms with van der Waals surface area (Å²) in [5.41, 5.74) is -3.32. The van der Waals surface area contributed by atoms with Crippen molar-refractivity contribution in [2.45, 2.75) is 51.1 Å². The lowest BCUT2D eigenvalue weighted by Gasteiger charge is -2.36. The van der Waals surface area contributed by atoms with Crippen molar-refractivity contribution in [3.05, 3.63) is 29.6 Å². The molecule has 38 heavy (non-hydrogen) atoms. The summed E-state index contributed by atoms with van der Waals surface area (Å²) in [6.07, 6.45) is -10.4. The molecule has 1 atom stereocenters. The molecule has 1 N–H and O–H groups in total. The minimum absolute atomic E-state index is 0.107. The largest absolute Gasteiger partial charge is 0.444 e. The molecule has 0 unspecified atom stereocenters. The van der Waals surface area contributed by atoms with Gasteiger partial charge in [-0.05, 0) is 32.9 Å². The number of rotatable bonds is 2. The summed E-state index contributed by atoms with van der Waals surface area (Å²) >= 11 is 0. The van der Waals surface area contributed by atoms with Crippen LogP contribution in [0.15, 0.2) is 18.5 Å². The van der Waals surface area contributed by atoms with Gasteiger partial charge in [-0.15, -0.1) is 0 Å². The molecule has 2 aromatic heterocycles. The minimum atomic E-state index is -4.88. The van der Waals surface area contributed by atoms with Crippen molar-refractivity contribution in [1.82, 2.24) is 19.9 Å². The number of nitrogens with one attached hydrogen (secondary N) is 1. The maximum atomic E-state index is 13.8. The third-order valence-corrected chi connectivity index (χ3v) is 5.91. The first-order valence-corrected chi connectivity index (χ1v) is 11.6. The summed E-state index contributed by atoms with van der Waals surface area (Å²) in [4.78, 5) is 38.9. The van der Waals surface area contributed by atoms with Gasteiger partial charge in [0.2, 0.25) is 5.91 Å². The molecule has 4 heterocycles. The van der Waals surface area contributed by atoms with Crippen LogP contribution < -0.4 is 10.2 Å². The number of aromatic nitrogens is 3. The van der Waals surface area contributed by atoms with E-state index in [2.05, 4.69) is 20.3 Å². The molecule has 0 radical (unpaired) electrons. The fraction of sp³-hybridized carbons (Fsp3) is 0.522. The quantitative estimate of drug-likeness (QED) is 0.550. The first-order valence-electron chi connectivity index (χ1n) is 11.6. The van der Waals surface area contributed by atoms with Crippen LogP contribution in [0.3, 0.4) is 0 Å². The Morgan fingerprint density at radius 1 is 1.03 bits per heavy atom. The molecule has 2 aliphatic rings. The predicted octanol–water partition coefficient (Wildman–Crippen LogP) is 4.60. The number of piperazine rings is 1. The van der Waals surface area contributed by atoms with Crippen molar-refractivity contribution in [3.8, 4) is 11.4 Å². The Hall–Kier alpha value is -3.65. The lowest BCUT2D eigenvalue weighted by molar-refractivity contribution is -0.156. The third kappa shape index (κ3) is 5.91. The van der Waals surface area contributed by atoms with Gasteiger partial charge >= 0.3 is 18.4 Å². The minimum Gasteiger partial charge on any atom is -0.444 e. The third-order valence-electron chi connectivity index (χ3n) is 5.91. The Morgan fingerprint density at radius 3 is 2.26 bits per heavy atom. The Kier molecular flexibility index (Phi) is 6.91. The summed E-state index contributed by atoms with van der Waals surface area (Å²) < 4.78 is 88.3. The SMILES string of the molecule is CC(C)(C)OC(=O)N1CCN(c2cc(C(F)(F)F)cc(-c3ncnc4c3[C@H](C(F)(F)F)CC(=O)N4)n2)CC1. The van der Waals surface area contributed by atoms with Gasteiger partial charge in [0.1, 0.15) is 23.6 Å². The topological polar surface area (TPSA) is 101 Å². The van der Waals surface area contributed by atoms with Gasteiger partial charge in [0.25, 0.3) is 0 Å². The van der Waals surface area contributed by atoms with Gasteiger partial charge in [-0.1, -0.05) is 0 Å². The van der Waals surface area contributed by atoms with Crippen molar-refractivity contribution in [3.63, 3.8) is 0 Å². The number of anilines is 2. The van der Waals surface area contributed by atoms with Gasteiger partial charge in [0.05, 0.1) is 22.9 Å². The van der Waals surface area contributed by atoms with Crippen LogP contribution in [-0.2, 0) is 15.7 Å². The van der Waals surface area contributed by atoms with Crippen molar-refractivity contribution in [2.24, 2.45) is 0 Å². The average molecular weight is 546 g/mol. The molecule has 0 aromatic carbocycles. The van der Waals surface area contributed by atoms with Crippen molar-refractivity contribution >= 4 is 23.6 Å². The monoisotopic (exact) mass is 546 g/mol. The Bertz CT molecular complexity index is 1240. The zero-order valence-electron chi connectivity index (χ0n) is 20.6. The van der Waals surface area contributed by atoms with Crippen LogP contribution in [0.1, 0.15) is 44.2 Å². The molecule has 15 heteroatoms. The van der Waals surface area contributed by atoms with E-state index in [0.29, 0.717) is 6.07 Å². The van der Waals surface area contributed by atoms with E-state index in [4.69, 9.17) is 4.74 Å². The van der Waals surface area contributed by atoms with Crippen LogP contribution in [0.2, 0.25) is 0 Å². The summed E-state index contributed by atoms with van der Waals surface area (Å²) in [7, 11) is 0. The lowest BCUT2D eigenvalue weighted by Crippen LogP contribution is -2.50. The second-order valence-electron chi connectivity index (χ2n) is 9.88. The summed E-state index contributed by atoms with van der Waals surface area (Å²) in [5.74, 6) is -3.82. The van der Waals surface area contributed by atoms with E-state index in [1.54, 1.807) is 20.8 Å². The smallest absolute Gasteiger partial charge is 0.416 e. The van der Waals surface area contributed by atoms with Gasteiger partial charge in [-0.25, -0.2) is 19.7 Å². The van der Waals surface area contributed by atoms with Crippen molar-refractivity contribution < 1.29 is 40.7 Å². The van der Waals surface area contributed by atoms with Gasteiger partial charge in [-0.2, -0.15) is 26.3 Å². The highest BCUT2D eigenvalue weighted by molar-refractivity contribution is 5.95. The van der Waals surface area contributed by atoms with E-state index in [1.807, 2.05) is 0 Å². The first kappa shape index (κ1) is 27.4. The van der Waals surface area contributed by atoms with Crippen LogP contribution in [0.5, 0.6) is 0 Å². The van der Waals surface area contributed by atoms with E-state index in [1.165, 1.54) is 9.80 Å². The molecular weight excluding hydrogens is 522 g/mol. The molecule has 0 spiro atoms. The molecule has 0 bridgehead atoms. The molecule has 2 amide bonds. The number of ether oxygens (including phenoxy) is 1. The second-order valence-corrected chi connectivity index (χ2v) is 9.88. The molecule has 1 fully saturated rings. The maximum Gasteiger partial charge on any atom is 0.416 e. The van der Waals surface area contributed by atoms with E-state index in [0.717, 1.165) is 12.4 Å². The van der Waals surface area contributed by atoms with Crippen LogP contribution in [0, 0.1) is 0 Å².